The zero-order valence-corrected chi connectivity index (χ0v) is 13.4. The summed E-state index contributed by atoms with van der Waals surface area (Å²) in [5, 5.41) is 11.3. The number of aliphatic hydroxyl groups is 1. The van der Waals surface area contributed by atoms with Crippen molar-refractivity contribution in [1.82, 2.24) is 9.71 Å². The molecule has 2 aromatic carbocycles. The number of hydrogen-bond donors (Lipinski definition) is 2. The molecule has 2 N–H and O–H groups in total. The number of nitrogens with zero attached hydrogens (tertiary/aromatic N) is 1. The van der Waals surface area contributed by atoms with Crippen LogP contribution in [-0.2, 0) is 10.0 Å². The second-order valence-corrected chi connectivity index (χ2v) is 7.01. The number of aliphatic hydroxyl groups excluding tert-OH is 1. The maximum Gasteiger partial charge on any atom is 0.241 e. The number of halogens is 1. The molecule has 0 saturated heterocycles. The summed E-state index contributed by atoms with van der Waals surface area (Å²) in [6, 6.07) is 11.8. The summed E-state index contributed by atoms with van der Waals surface area (Å²) in [6.07, 6.45) is 2.04. The SMILES string of the molecule is O=S(=O)(NCC(O)c1ccc(F)cc1)c1cccc2cnccc12. The third-order valence-electron chi connectivity index (χ3n) is 3.65. The van der Waals surface area contributed by atoms with E-state index < -0.39 is 21.9 Å². The average Bonchev–Trinajstić information content (AvgIpc) is 2.60. The molecule has 0 aliphatic carbocycles. The van der Waals surface area contributed by atoms with E-state index in [0.717, 1.165) is 0 Å². The molecule has 7 heteroatoms. The quantitative estimate of drug-likeness (QED) is 0.743. The largest absolute Gasteiger partial charge is 0.387 e. The minimum atomic E-state index is -3.81. The van der Waals surface area contributed by atoms with Gasteiger partial charge < -0.3 is 5.11 Å². The Bertz CT molecular complexity index is 954. The highest BCUT2D eigenvalue weighted by atomic mass is 32.2. The van der Waals surface area contributed by atoms with Gasteiger partial charge in [-0.2, -0.15) is 0 Å². The molecule has 1 unspecified atom stereocenters. The number of nitrogens with one attached hydrogen (secondary N) is 1. The Hall–Kier alpha value is -2.35. The van der Waals surface area contributed by atoms with Crippen molar-refractivity contribution in [3.05, 3.63) is 72.3 Å². The molecule has 3 aromatic rings. The molecule has 0 amide bonds. The van der Waals surface area contributed by atoms with E-state index in [2.05, 4.69) is 9.71 Å². The van der Waals surface area contributed by atoms with Crippen LogP contribution in [0.3, 0.4) is 0 Å². The Morgan fingerprint density at radius 3 is 2.62 bits per heavy atom. The number of rotatable bonds is 5. The van der Waals surface area contributed by atoms with Gasteiger partial charge in [0.15, 0.2) is 0 Å². The maximum absolute atomic E-state index is 12.9. The predicted molar refractivity (Wildman–Crippen MR) is 88.3 cm³/mol. The molecular formula is C17H15FN2O3S. The van der Waals surface area contributed by atoms with Gasteiger partial charge in [-0.05, 0) is 29.8 Å². The van der Waals surface area contributed by atoms with E-state index in [0.29, 0.717) is 16.3 Å². The molecule has 24 heavy (non-hydrogen) atoms. The second kappa shape index (κ2) is 6.64. The van der Waals surface area contributed by atoms with Gasteiger partial charge >= 0.3 is 0 Å². The summed E-state index contributed by atoms with van der Waals surface area (Å²) >= 11 is 0. The molecule has 3 rings (SSSR count). The summed E-state index contributed by atoms with van der Waals surface area (Å²) in [4.78, 5) is 4.09. The van der Waals surface area contributed by atoms with Crippen LogP contribution in [0.4, 0.5) is 4.39 Å². The fraction of sp³-hybridized carbons (Fsp3) is 0.118. The molecule has 0 aliphatic rings. The summed E-state index contributed by atoms with van der Waals surface area (Å²) in [6.45, 7) is -0.213. The van der Waals surface area contributed by atoms with Gasteiger partial charge in [0.1, 0.15) is 5.82 Å². The van der Waals surface area contributed by atoms with Gasteiger partial charge in [-0.15, -0.1) is 0 Å². The Morgan fingerprint density at radius 2 is 1.88 bits per heavy atom. The first-order valence-electron chi connectivity index (χ1n) is 7.23. The van der Waals surface area contributed by atoms with Crippen LogP contribution in [0.15, 0.2) is 65.8 Å². The van der Waals surface area contributed by atoms with Crippen molar-refractivity contribution in [3.63, 3.8) is 0 Å². The molecule has 1 atom stereocenters. The Kier molecular flexibility index (Phi) is 4.57. The minimum Gasteiger partial charge on any atom is -0.387 e. The first-order chi connectivity index (χ1) is 11.5. The monoisotopic (exact) mass is 346 g/mol. The van der Waals surface area contributed by atoms with Crippen molar-refractivity contribution in [1.29, 1.82) is 0 Å². The molecule has 5 nitrogen and oxygen atoms in total. The second-order valence-electron chi connectivity index (χ2n) is 5.27. The number of hydrogen-bond acceptors (Lipinski definition) is 4. The Balaban J connectivity index is 1.82. The minimum absolute atomic E-state index is 0.119. The first-order valence-corrected chi connectivity index (χ1v) is 8.71. The van der Waals surface area contributed by atoms with E-state index in [-0.39, 0.29) is 11.4 Å². The first kappa shape index (κ1) is 16.5. The van der Waals surface area contributed by atoms with Crippen LogP contribution < -0.4 is 4.72 Å². The number of aromatic nitrogens is 1. The van der Waals surface area contributed by atoms with Gasteiger partial charge in [-0.25, -0.2) is 17.5 Å². The van der Waals surface area contributed by atoms with Crippen molar-refractivity contribution in [2.45, 2.75) is 11.0 Å². The van der Waals surface area contributed by atoms with Gasteiger partial charge in [-0.3, -0.25) is 4.98 Å². The van der Waals surface area contributed by atoms with Crippen LogP contribution in [0.25, 0.3) is 10.8 Å². The number of fused-ring (bicyclic) bond motifs is 1. The van der Waals surface area contributed by atoms with Crippen LogP contribution in [-0.4, -0.2) is 25.1 Å². The third kappa shape index (κ3) is 3.43. The fourth-order valence-corrected chi connectivity index (χ4v) is 3.66. The standard InChI is InChI=1S/C17H15FN2O3S/c18-14-6-4-12(5-7-14)16(21)11-20-24(22,23)17-3-1-2-13-10-19-9-8-15(13)17/h1-10,16,20-21H,11H2. The number of sulfonamides is 1. The van der Waals surface area contributed by atoms with Crippen LogP contribution in [0, 0.1) is 5.82 Å². The van der Waals surface area contributed by atoms with Gasteiger partial charge in [0.05, 0.1) is 11.0 Å². The lowest BCUT2D eigenvalue weighted by Gasteiger charge is -2.13. The van der Waals surface area contributed by atoms with Crippen LogP contribution in [0.5, 0.6) is 0 Å². The zero-order chi connectivity index (χ0) is 17.2. The van der Waals surface area contributed by atoms with E-state index in [1.165, 1.54) is 36.5 Å². The number of benzene rings is 2. The van der Waals surface area contributed by atoms with E-state index in [9.17, 15) is 17.9 Å². The van der Waals surface area contributed by atoms with Crippen molar-refractivity contribution in [2.24, 2.45) is 0 Å². The molecule has 1 heterocycles. The number of pyridine rings is 1. The lowest BCUT2D eigenvalue weighted by Crippen LogP contribution is -2.28. The maximum atomic E-state index is 12.9. The smallest absolute Gasteiger partial charge is 0.241 e. The average molecular weight is 346 g/mol. The normalized spacial score (nSPS) is 13.1. The molecule has 1 aromatic heterocycles. The van der Waals surface area contributed by atoms with Crippen LogP contribution in [0.2, 0.25) is 0 Å². The summed E-state index contributed by atoms with van der Waals surface area (Å²) in [5.41, 5.74) is 0.432. The predicted octanol–water partition coefficient (Wildman–Crippen LogP) is 2.39. The topological polar surface area (TPSA) is 79.3 Å². The van der Waals surface area contributed by atoms with E-state index in [1.54, 1.807) is 24.4 Å². The van der Waals surface area contributed by atoms with E-state index in [1.807, 2.05) is 0 Å². The zero-order valence-electron chi connectivity index (χ0n) is 12.6. The highest BCUT2D eigenvalue weighted by Gasteiger charge is 2.19. The Morgan fingerprint density at radius 1 is 1.12 bits per heavy atom. The lowest BCUT2D eigenvalue weighted by molar-refractivity contribution is 0.182. The molecule has 0 spiro atoms. The van der Waals surface area contributed by atoms with Crippen LogP contribution in [0.1, 0.15) is 11.7 Å². The molecule has 0 aliphatic heterocycles. The Labute approximate surface area is 138 Å². The molecular weight excluding hydrogens is 331 g/mol. The fourth-order valence-electron chi connectivity index (χ4n) is 2.40. The summed E-state index contributed by atoms with van der Waals surface area (Å²) in [7, 11) is -3.81. The summed E-state index contributed by atoms with van der Waals surface area (Å²) < 4.78 is 40.4. The molecule has 0 radical (unpaired) electrons. The van der Waals surface area contributed by atoms with Gasteiger partial charge in [-0.1, -0.05) is 24.3 Å². The van der Waals surface area contributed by atoms with Gasteiger partial charge in [0.25, 0.3) is 0 Å². The molecule has 124 valence electrons. The van der Waals surface area contributed by atoms with Gasteiger partial charge in [0, 0.05) is 29.7 Å². The van der Waals surface area contributed by atoms with Crippen molar-refractivity contribution < 1.29 is 17.9 Å². The van der Waals surface area contributed by atoms with Crippen molar-refractivity contribution in [2.75, 3.05) is 6.54 Å². The highest BCUT2D eigenvalue weighted by Crippen LogP contribution is 2.22. The molecule has 0 saturated carbocycles. The van der Waals surface area contributed by atoms with Crippen molar-refractivity contribution >= 4 is 20.8 Å². The molecule has 0 bridgehead atoms. The highest BCUT2D eigenvalue weighted by molar-refractivity contribution is 7.89. The van der Waals surface area contributed by atoms with E-state index in [4.69, 9.17) is 0 Å². The van der Waals surface area contributed by atoms with E-state index >= 15 is 0 Å². The molecule has 0 fully saturated rings. The summed E-state index contributed by atoms with van der Waals surface area (Å²) in [5.74, 6) is -0.420. The van der Waals surface area contributed by atoms with Crippen LogP contribution >= 0.6 is 0 Å². The third-order valence-corrected chi connectivity index (χ3v) is 5.13. The van der Waals surface area contributed by atoms with Crippen molar-refractivity contribution in [3.8, 4) is 0 Å². The lowest BCUT2D eigenvalue weighted by atomic mass is 10.1. The van der Waals surface area contributed by atoms with Gasteiger partial charge in [0.2, 0.25) is 10.0 Å².